The van der Waals surface area contributed by atoms with Crippen LogP contribution in [0.1, 0.15) is 18.9 Å². The molecule has 0 spiro atoms. The first-order chi connectivity index (χ1) is 12.0. The van der Waals surface area contributed by atoms with Gasteiger partial charge in [0.25, 0.3) is 0 Å². The maximum Gasteiger partial charge on any atom is 0.330 e. The van der Waals surface area contributed by atoms with Crippen molar-refractivity contribution in [2.75, 3.05) is 32.0 Å². The summed E-state index contributed by atoms with van der Waals surface area (Å²) >= 11 is 6.41. The summed E-state index contributed by atoms with van der Waals surface area (Å²) in [7, 11) is 1.60. The molecule has 1 aromatic carbocycles. The molecular formula is C18H26O4S3. The average Bonchev–Trinajstić information content (AvgIpc) is 2.65. The Morgan fingerprint density at radius 2 is 1.88 bits per heavy atom. The summed E-state index contributed by atoms with van der Waals surface area (Å²) < 4.78 is 10.1. The summed E-state index contributed by atoms with van der Waals surface area (Å²) in [5.74, 6) is 0.843. The van der Waals surface area contributed by atoms with Gasteiger partial charge in [-0.2, -0.15) is 24.4 Å². The lowest BCUT2D eigenvalue weighted by Crippen LogP contribution is -2.08. The fraction of sp³-hybridized carbons (Fsp3) is 0.444. The molecule has 1 rings (SSSR count). The van der Waals surface area contributed by atoms with Crippen LogP contribution in [0, 0.1) is 0 Å². The summed E-state index contributed by atoms with van der Waals surface area (Å²) in [6.45, 7) is 2.25. The van der Waals surface area contributed by atoms with Crippen LogP contribution in [0.5, 0.6) is 5.75 Å². The Morgan fingerprint density at radius 1 is 1.24 bits per heavy atom. The number of rotatable bonds is 9. The van der Waals surface area contributed by atoms with Crippen molar-refractivity contribution in [3.05, 3.63) is 35.9 Å². The molecule has 0 aliphatic heterocycles. The monoisotopic (exact) mass is 402 g/mol. The number of hydrogen-bond donors (Lipinski definition) is 1. The van der Waals surface area contributed by atoms with Gasteiger partial charge >= 0.3 is 5.97 Å². The Labute approximate surface area is 164 Å². The summed E-state index contributed by atoms with van der Waals surface area (Å²) in [5, 5.41) is 0.460. The number of methoxy groups -OCH3 is 1. The fourth-order valence-electron chi connectivity index (χ4n) is 1.60. The normalized spacial score (nSPS) is 11.4. The third-order valence-electron chi connectivity index (χ3n) is 2.97. The molecule has 25 heavy (non-hydrogen) atoms. The van der Waals surface area contributed by atoms with E-state index in [1.54, 1.807) is 31.2 Å². The molecule has 1 unspecified atom stereocenters. The number of ether oxygens (including phenoxy) is 2. The summed E-state index contributed by atoms with van der Waals surface area (Å²) in [4.78, 5) is 23.2. The van der Waals surface area contributed by atoms with E-state index in [0.717, 1.165) is 11.3 Å². The van der Waals surface area contributed by atoms with E-state index in [2.05, 4.69) is 12.6 Å². The average molecular weight is 403 g/mol. The highest BCUT2D eigenvalue weighted by Crippen LogP contribution is 2.15. The molecule has 140 valence electrons. The van der Waals surface area contributed by atoms with Gasteiger partial charge in [0.15, 0.2) is 5.12 Å². The van der Waals surface area contributed by atoms with Crippen LogP contribution in [0.4, 0.5) is 0 Å². The molecule has 0 saturated carbocycles. The molecule has 0 amide bonds. The van der Waals surface area contributed by atoms with Crippen LogP contribution in [-0.4, -0.2) is 48.3 Å². The van der Waals surface area contributed by atoms with E-state index in [9.17, 15) is 9.59 Å². The van der Waals surface area contributed by atoms with E-state index >= 15 is 0 Å². The first-order valence-corrected chi connectivity index (χ1v) is 10.8. The summed E-state index contributed by atoms with van der Waals surface area (Å²) in [5.41, 5.74) is 0.887. The standard InChI is InChI=1S/C17H22O4S2.CH4S/c1-13(22-3)12-17(19)23-11-10-21-16(18)9-6-14-4-7-15(20-2)8-5-14;1-2/h4-9,13H,10-12H2,1-3H3;2H,1H3/b9-6+;. The lowest BCUT2D eigenvalue weighted by atomic mass is 10.2. The van der Waals surface area contributed by atoms with Gasteiger partial charge in [-0.3, -0.25) is 4.79 Å². The van der Waals surface area contributed by atoms with E-state index in [0.29, 0.717) is 17.4 Å². The number of thioether (sulfide) groups is 2. The maximum atomic E-state index is 11.6. The van der Waals surface area contributed by atoms with Gasteiger partial charge in [0.1, 0.15) is 12.4 Å². The van der Waals surface area contributed by atoms with Crippen molar-refractivity contribution in [1.29, 1.82) is 0 Å². The van der Waals surface area contributed by atoms with Crippen LogP contribution < -0.4 is 4.74 Å². The van der Waals surface area contributed by atoms with Crippen molar-refractivity contribution in [3.8, 4) is 5.75 Å². The largest absolute Gasteiger partial charge is 0.497 e. The minimum atomic E-state index is -0.411. The number of carbonyl (C=O) groups excluding carboxylic acids is 2. The molecule has 0 radical (unpaired) electrons. The first-order valence-electron chi connectivity index (χ1n) is 7.67. The molecule has 4 nitrogen and oxygen atoms in total. The Kier molecular flexibility index (Phi) is 14.6. The zero-order valence-electron chi connectivity index (χ0n) is 15.1. The van der Waals surface area contributed by atoms with Crippen LogP contribution in [-0.2, 0) is 14.3 Å². The quantitative estimate of drug-likeness (QED) is 0.289. The Hall–Kier alpha value is -1.05. The highest BCUT2D eigenvalue weighted by Gasteiger charge is 2.08. The second-order valence-electron chi connectivity index (χ2n) is 4.74. The van der Waals surface area contributed by atoms with Crippen LogP contribution in [0.3, 0.4) is 0 Å². The first kappa shape index (κ1) is 23.9. The highest BCUT2D eigenvalue weighted by molar-refractivity contribution is 8.13. The second kappa shape index (κ2) is 15.2. The van der Waals surface area contributed by atoms with Crippen LogP contribution in [0.25, 0.3) is 6.08 Å². The van der Waals surface area contributed by atoms with Gasteiger partial charge < -0.3 is 9.47 Å². The van der Waals surface area contributed by atoms with Crippen molar-refractivity contribution in [2.24, 2.45) is 0 Å². The minimum absolute atomic E-state index is 0.136. The lowest BCUT2D eigenvalue weighted by molar-refractivity contribution is -0.137. The molecule has 0 N–H and O–H groups in total. The number of esters is 1. The van der Waals surface area contributed by atoms with E-state index in [1.807, 2.05) is 37.4 Å². The molecule has 7 heteroatoms. The van der Waals surface area contributed by atoms with Crippen molar-refractivity contribution in [3.63, 3.8) is 0 Å². The van der Waals surface area contributed by atoms with Crippen molar-refractivity contribution >= 4 is 53.3 Å². The zero-order valence-corrected chi connectivity index (χ0v) is 17.6. The Balaban J connectivity index is 0.00000277. The predicted octanol–water partition coefficient (Wildman–Crippen LogP) is 4.20. The lowest BCUT2D eigenvalue weighted by Gasteiger charge is -2.06. The SMILES string of the molecule is COc1ccc(/C=C/C(=O)OCCSC(=O)CC(C)SC)cc1.CS. The molecule has 0 bridgehead atoms. The van der Waals surface area contributed by atoms with Crippen LogP contribution in [0.2, 0.25) is 0 Å². The van der Waals surface area contributed by atoms with Gasteiger partial charge in [-0.05, 0) is 36.3 Å². The number of thiol groups is 1. The van der Waals surface area contributed by atoms with Crippen LogP contribution >= 0.6 is 36.2 Å². The molecule has 0 fully saturated rings. The molecule has 0 aliphatic carbocycles. The van der Waals surface area contributed by atoms with Crippen molar-refractivity contribution < 1.29 is 19.1 Å². The smallest absolute Gasteiger partial charge is 0.330 e. The molecule has 1 atom stereocenters. The highest BCUT2D eigenvalue weighted by atomic mass is 32.2. The van der Waals surface area contributed by atoms with Gasteiger partial charge in [-0.1, -0.05) is 30.8 Å². The fourth-order valence-corrected chi connectivity index (χ4v) is 2.79. The van der Waals surface area contributed by atoms with E-state index in [1.165, 1.54) is 17.8 Å². The number of hydrogen-bond acceptors (Lipinski definition) is 7. The van der Waals surface area contributed by atoms with Crippen molar-refractivity contribution in [1.82, 2.24) is 0 Å². The molecule has 0 saturated heterocycles. The second-order valence-corrected chi connectivity index (χ2v) is 7.17. The summed E-state index contributed by atoms with van der Waals surface area (Å²) in [6, 6.07) is 7.35. The van der Waals surface area contributed by atoms with E-state index < -0.39 is 5.97 Å². The summed E-state index contributed by atoms with van der Waals surface area (Å²) in [6.07, 6.45) is 7.28. The van der Waals surface area contributed by atoms with E-state index in [-0.39, 0.29) is 11.7 Å². The molecule has 1 aromatic rings. The maximum absolute atomic E-state index is 11.6. The zero-order chi connectivity index (χ0) is 19.1. The van der Waals surface area contributed by atoms with Gasteiger partial charge in [0.2, 0.25) is 0 Å². The topological polar surface area (TPSA) is 52.6 Å². The van der Waals surface area contributed by atoms with Crippen molar-refractivity contribution in [2.45, 2.75) is 18.6 Å². The molecular weight excluding hydrogens is 376 g/mol. The third kappa shape index (κ3) is 12.0. The minimum Gasteiger partial charge on any atom is -0.497 e. The Morgan fingerprint density at radius 3 is 2.44 bits per heavy atom. The van der Waals surface area contributed by atoms with Gasteiger partial charge in [-0.25, -0.2) is 4.79 Å². The van der Waals surface area contributed by atoms with Gasteiger partial charge in [0.05, 0.1) is 7.11 Å². The molecule has 0 aliphatic rings. The number of benzene rings is 1. The molecule has 0 aromatic heterocycles. The predicted molar refractivity (Wildman–Crippen MR) is 113 cm³/mol. The van der Waals surface area contributed by atoms with Crippen LogP contribution in [0.15, 0.2) is 30.3 Å². The Bertz CT molecular complexity index is 530. The van der Waals surface area contributed by atoms with Gasteiger partial charge in [-0.15, -0.1) is 0 Å². The molecule has 0 heterocycles. The van der Waals surface area contributed by atoms with E-state index in [4.69, 9.17) is 9.47 Å². The third-order valence-corrected chi connectivity index (χ3v) is 4.81. The number of carbonyl (C=O) groups is 2. The van der Waals surface area contributed by atoms with Gasteiger partial charge in [0, 0.05) is 23.5 Å².